The number of aryl methyl sites for hydroxylation is 6. The van der Waals surface area contributed by atoms with E-state index in [-0.39, 0.29) is 11.8 Å². The van der Waals surface area contributed by atoms with E-state index in [1.165, 1.54) is 65.7 Å². The Kier molecular flexibility index (Phi) is 11.5. The number of benzene rings is 12. The summed E-state index contributed by atoms with van der Waals surface area (Å²) in [6.07, 6.45) is 0. The van der Waals surface area contributed by atoms with Crippen molar-refractivity contribution in [1.29, 1.82) is 0 Å². The molecule has 0 N–H and O–H groups in total. The van der Waals surface area contributed by atoms with Crippen LogP contribution >= 0.6 is 0 Å². The maximum absolute atomic E-state index is 7.20. The van der Waals surface area contributed by atoms with Crippen LogP contribution < -0.4 is 9.80 Å². The van der Waals surface area contributed by atoms with E-state index in [2.05, 4.69) is 273 Å². The second-order valence-electron chi connectivity index (χ2n) is 23.1. The number of rotatable bonds is 10. The van der Waals surface area contributed by atoms with Gasteiger partial charge in [0.2, 0.25) is 0 Å². The molecular weight excluding hydrogens is 973 g/mol. The van der Waals surface area contributed by atoms with Gasteiger partial charge >= 0.3 is 0 Å². The summed E-state index contributed by atoms with van der Waals surface area (Å²) < 4.78 is 14.4. The van der Waals surface area contributed by atoms with Crippen molar-refractivity contribution in [3.05, 3.63) is 239 Å². The Morgan fingerprint density at radius 3 is 1.04 bits per heavy atom. The third-order valence-electron chi connectivity index (χ3n) is 17.3. The van der Waals surface area contributed by atoms with Gasteiger partial charge in [0.05, 0.1) is 22.7 Å². The van der Waals surface area contributed by atoms with Gasteiger partial charge in [-0.1, -0.05) is 198 Å². The summed E-state index contributed by atoms with van der Waals surface area (Å²) in [7, 11) is 0. The molecule has 0 saturated heterocycles. The van der Waals surface area contributed by atoms with Gasteiger partial charge < -0.3 is 18.6 Å². The zero-order valence-corrected chi connectivity index (χ0v) is 47.3. The highest BCUT2D eigenvalue weighted by Gasteiger charge is 2.31. The van der Waals surface area contributed by atoms with E-state index >= 15 is 0 Å². The van der Waals surface area contributed by atoms with E-state index in [1.54, 1.807) is 0 Å². The smallest absolute Gasteiger partial charge is 0.159 e. The van der Waals surface area contributed by atoms with E-state index < -0.39 is 0 Å². The van der Waals surface area contributed by atoms with Gasteiger partial charge in [-0.2, -0.15) is 0 Å². The molecular formula is C76H64N2O2. The van der Waals surface area contributed by atoms with Crippen LogP contribution in [0, 0.1) is 41.5 Å². The van der Waals surface area contributed by atoms with E-state index in [9.17, 15) is 0 Å². The number of hydrogen-bond acceptors (Lipinski definition) is 4. The number of para-hydroxylation sites is 2. The first-order chi connectivity index (χ1) is 38.8. The van der Waals surface area contributed by atoms with E-state index in [4.69, 9.17) is 8.83 Å². The first-order valence-corrected chi connectivity index (χ1v) is 28.4. The first kappa shape index (κ1) is 49.2. The minimum Gasteiger partial charge on any atom is -0.454 e. The molecule has 0 spiro atoms. The molecule has 390 valence electrons. The predicted molar refractivity (Wildman–Crippen MR) is 342 cm³/mol. The summed E-state index contributed by atoms with van der Waals surface area (Å²) in [5, 5.41) is 11.9. The summed E-state index contributed by atoms with van der Waals surface area (Å²) in [5.74, 6) is 0.395. The van der Waals surface area contributed by atoms with Crippen LogP contribution in [0.2, 0.25) is 0 Å². The van der Waals surface area contributed by atoms with Gasteiger partial charge in [-0.05, 0) is 166 Å². The predicted octanol–water partition coefficient (Wildman–Crippen LogP) is 22.8. The molecule has 2 aromatic heterocycles. The Bertz CT molecular complexity index is 4480. The minimum atomic E-state index is 0.198. The van der Waals surface area contributed by atoms with Gasteiger partial charge in [-0.25, -0.2) is 0 Å². The Morgan fingerprint density at radius 2 is 0.637 bits per heavy atom. The Morgan fingerprint density at radius 1 is 0.275 bits per heavy atom. The SMILES string of the molecule is Cc1ccc(-c2ccccc2)cc1N(c1cc(C(C)C)c2ccc3c(N(c4cc(-c5ccccc5)ccc4C)c4c(C)ccc5c4oc4c(C)cccc45)cc(C(C)C)c4ccc1c2c43)c1c(C)ccc2c1oc1c(C)cccc12. The lowest BCUT2D eigenvalue weighted by Gasteiger charge is -2.33. The van der Waals surface area contributed by atoms with Crippen LogP contribution in [0.3, 0.4) is 0 Å². The number of nitrogens with zero attached hydrogens (tertiary/aromatic N) is 2. The summed E-state index contributed by atoms with van der Waals surface area (Å²) in [4.78, 5) is 5.11. The third-order valence-corrected chi connectivity index (χ3v) is 17.3. The van der Waals surface area contributed by atoms with Crippen molar-refractivity contribution in [3.63, 3.8) is 0 Å². The number of fused-ring (bicyclic) bond motifs is 6. The summed E-state index contributed by atoms with van der Waals surface area (Å²) in [6, 6.07) is 72.2. The molecule has 2 heterocycles. The Hall–Kier alpha value is -9.12. The van der Waals surface area contributed by atoms with Crippen molar-refractivity contribution in [3.8, 4) is 22.3 Å². The number of anilines is 6. The van der Waals surface area contributed by atoms with Crippen LogP contribution in [0.25, 0.3) is 98.4 Å². The second kappa shape index (κ2) is 18.8. The lowest BCUT2D eigenvalue weighted by atomic mass is 9.83. The highest BCUT2D eigenvalue weighted by molar-refractivity contribution is 6.30. The standard InChI is InChI=1S/C76H64N2O2/c1-43(2)63-41-67(77(65-39-53(31-27-45(65)5)51-21-13-11-14-22-51)71-47(7)29-33-59-57-25-17-19-49(9)73(57)79-75(59)71)61-38-36-56-64(44(3)4)42-68(62-37-35-55(63)69(61)70(56)62)78(66-40-54(32-28-46(66)6)52-23-15-12-16-24-52)72-48(8)30-34-60-58-26-18-20-50(10)74(58)80-76(60)72/h11-44H,1-10H3. The molecule has 0 aliphatic heterocycles. The van der Waals surface area contributed by atoms with E-state index in [0.29, 0.717) is 0 Å². The van der Waals surface area contributed by atoms with Crippen molar-refractivity contribution in [2.75, 3.05) is 9.80 Å². The molecule has 4 nitrogen and oxygen atoms in total. The van der Waals surface area contributed by atoms with Gasteiger partial charge in [-0.15, -0.1) is 0 Å². The average molecular weight is 1040 g/mol. The van der Waals surface area contributed by atoms with E-state index in [1.807, 2.05) is 0 Å². The minimum absolute atomic E-state index is 0.198. The third kappa shape index (κ3) is 7.56. The fourth-order valence-electron chi connectivity index (χ4n) is 13.1. The molecule has 4 heteroatoms. The van der Waals surface area contributed by atoms with Crippen LogP contribution in [0.4, 0.5) is 34.1 Å². The zero-order chi connectivity index (χ0) is 54.8. The number of furan rings is 2. The monoisotopic (exact) mass is 1040 g/mol. The van der Waals surface area contributed by atoms with Crippen molar-refractivity contribution in [2.45, 2.75) is 81.1 Å². The molecule has 0 radical (unpaired) electrons. The van der Waals surface area contributed by atoms with E-state index in [0.717, 1.165) is 111 Å². The maximum atomic E-state index is 7.20. The number of hydrogen-bond donors (Lipinski definition) is 0. The molecule has 14 aromatic rings. The molecule has 80 heavy (non-hydrogen) atoms. The quantitative estimate of drug-likeness (QED) is 0.128. The van der Waals surface area contributed by atoms with Crippen molar-refractivity contribution in [1.82, 2.24) is 0 Å². The van der Waals surface area contributed by atoms with Crippen LogP contribution in [0.1, 0.15) is 84.0 Å². The molecule has 0 saturated carbocycles. The molecule has 0 fully saturated rings. The first-order valence-electron chi connectivity index (χ1n) is 28.4. The molecule has 0 aliphatic rings. The second-order valence-corrected chi connectivity index (χ2v) is 23.1. The van der Waals surface area contributed by atoms with Crippen LogP contribution in [0.5, 0.6) is 0 Å². The van der Waals surface area contributed by atoms with Crippen molar-refractivity contribution >= 4 is 110 Å². The molecule has 0 unspecified atom stereocenters. The highest BCUT2D eigenvalue weighted by atomic mass is 16.3. The largest absolute Gasteiger partial charge is 0.454 e. The lowest BCUT2D eigenvalue weighted by Crippen LogP contribution is -2.15. The van der Waals surface area contributed by atoms with Gasteiger partial charge in [-0.3, -0.25) is 0 Å². The van der Waals surface area contributed by atoms with Gasteiger partial charge in [0.25, 0.3) is 0 Å². The van der Waals surface area contributed by atoms with Gasteiger partial charge in [0, 0.05) is 43.7 Å². The topological polar surface area (TPSA) is 32.8 Å². The summed E-state index contributed by atoms with van der Waals surface area (Å²) in [5.41, 5.74) is 24.3. The molecule has 0 bridgehead atoms. The molecule has 0 atom stereocenters. The zero-order valence-electron chi connectivity index (χ0n) is 47.3. The molecule has 14 rings (SSSR count). The molecule has 0 aliphatic carbocycles. The fraction of sp³-hybridized carbons (Fsp3) is 0.158. The fourth-order valence-corrected chi connectivity index (χ4v) is 13.1. The van der Waals surface area contributed by atoms with Crippen LogP contribution in [0.15, 0.2) is 203 Å². The van der Waals surface area contributed by atoms with Gasteiger partial charge in [0.1, 0.15) is 11.2 Å². The average Bonchev–Trinajstić information content (AvgIpc) is 4.19. The lowest BCUT2D eigenvalue weighted by molar-refractivity contribution is 0.665. The Balaban J connectivity index is 1.13. The van der Waals surface area contributed by atoms with Gasteiger partial charge in [0.15, 0.2) is 11.2 Å². The van der Waals surface area contributed by atoms with Crippen molar-refractivity contribution in [2.24, 2.45) is 0 Å². The summed E-state index contributed by atoms with van der Waals surface area (Å²) >= 11 is 0. The van der Waals surface area contributed by atoms with Crippen LogP contribution in [-0.4, -0.2) is 0 Å². The summed E-state index contributed by atoms with van der Waals surface area (Å²) in [6.45, 7) is 22.7. The van der Waals surface area contributed by atoms with Crippen LogP contribution in [-0.2, 0) is 0 Å². The highest BCUT2D eigenvalue weighted by Crippen LogP contribution is 2.55. The van der Waals surface area contributed by atoms with Crippen molar-refractivity contribution < 1.29 is 8.83 Å². The maximum Gasteiger partial charge on any atom is 0.159 e. The normalized spacial score (nSPS) is 12.1. The molecule has 12 aromatic carbocycles. The Labute approximate surface area is 468 Å². The molecule has 0 amide bonds.